The average molecular weight is 692 g/mol. The number of carbonyl (C=O) groups is 2. The van der Waals surface area contributed by atoms with Gasteiger partial charge in [0.2, 0.25) is 5.66 Å². The van der Waals surface area contributed by atoms with Gasteiger partial charge in [-0.3, -0.25) is 19.0 Å². The number of halogens is 3. The minimum atomic E-state index is -4.63. The van der Waals surface area contributed by atoms with Crippen molar-refractivity contribution in [3.63, 3.8) is 0 Å². The van der Waals surface area contributed by atoms with Gasteiger partial charge in [0.25, 0.3) is 11.5 Å². The lowest BCUT2D eigenvalue weighted by atomic mass is 9.96. The van der Waals surface area contributed by atoms with Gasteiger partial charge in [-0.15, -0.1) is 22.7 Å². The molecule has 2 aliphatic rings. The predicted octanol–water partition coefficient (Wildman–Crippen LogP) is 4.56. The first-order valence-electron chi connectivity index (χ1n) is 14.0. The largest absolute Gasteiger partial charge is 0.426 e. The van der Waals surface area contributed by atoms with Gasteiger partial charge in [0.1, 0.15) is 11.6 Å². The normalized spacial score (nSPS) is 15.6. The van der Waals surface area contributed by atoms with E-state index in [0.717, 1.165) is 16.0 Å². The molecule has 0 saturated carbocycles. The highest BCUT2D eigenvalue weighted by Gasteiger charge is 2.65. The van der Waals surface area contributed by atoms with E-state index in [9.17, 15) is 32.7 Å². The molecule has 1 amide bonds. The molecule has 4 aromatic rings. The number of hydrogen-bond acceptors (Lipinski definition) is 11. The molecule has 0 bridgehead atoms. The van der Waals surface area contributed by atoms with Gasteiger partial charge < -0.3 is 14.7 Å². The number of thiophene rings is 2. The SMILES string of the molecule is C=C(C)Cn1c(SCC(=O)c2cccs2)nc2sc3c(c2c1=O)CCN(C(=O)c1ccc(C2(C(F)(F)F)NN2)cc1COCO)C3. The Hall–Kier alpha value is -3.38. The summed E-state index contributed by atoms with van der Waals surface area (Å²) in [4.78, 5) is 48.6. The van der Waals surface area contributed by atoms with E-state index in [4.69, 9.17) is 9.72 Å². The number of aliphatic hydroxyl groups is 1. The molecule has 1 saturated heterocycles. The summed E-state index contributed by atoms with van der Waals surface area (Å²) in [6.45, 7) is 5.49. The van der Waals surface area contributed by atoms with E-state index in [-0.39, 0.29) is 60.0 Å². The number of fused-ring (bicyclic) bond motifs is 3. The molecular formula is C30H28F3N5O5S3. The van der Waals surface area contributed by atoms with Crippen molar-refractivity contribution in [1.29, 1.82) is 0 Å². The summed E-state index contributed by atoms with van der Waals surface area (Å²) in [5.41, 5.74) is 3.40. The monoisotopic (exact) mass is 691 g/mol. The molecule has 2 aliphatic heterocycles. The molecule has 0 spiro atoms. The Morgan fingerprint density at radius 1 is 1.26 bits per heavy atom. The van der Waals surface area contributed by atoms with Crippen molar-refractivity contribution in [3.8, 4) is 0 Å². The topological polar surface area (TPSA) is 146 Å². The van der Waals surface area contributed by atoms with Gasteiger partial charge in [-0.05, 0) is 53.6 Å². The van der Waals surface area contributed by atoms with Crippen LogP contribution in [0.5, 0.6) is 0 Å². The molecule has 6 rings (SSSR count). The highest BCUT2D eigenvalue weighted by molar-refractivity contribution is 7.99. The molecule has 16 heteroatoms. The van der Waals surface area contributed by atoms with Crippen molar-refractivity contribution >= 4 is 56.3 Å². The van der Waals surface area contributed by atoms with Crippen LogP contribution in [0.1, 0.15) is 48.5 Å². The van der Waals surface area contributed by atoms with E-state index in [1.54, 1.807) is 17.0 Å². The van der Waals surface area contributed by atoms with E-state index in [0.29, 0.717) is 26.7 Å². The van der Waals surface area contributed by atoms with E-state index in [1.165, 1.54) is 57.2 Å². The van der Waals surface area contributed by atoms with Crippen molar-refractivity contribution in [2.24, 2.45) is 0 Å². The number of nitrogens with zero attached hydrogens (tertiary/aromatic N) is 3. The Morgan fingerprint density at radius 2 is 2.04 bits per heavy atom. The first-order valence-corrected chi connectivity index (χ1v) is 16.7. The fourth-order valence-electron chi connectivity index (χ4n) is 5.38. The lowest BCUT2D eigenvalue weighted by Gasteiger charge is -2.28. The lowest BCUT2D eigenvalue weighted by molar-refractivity contribution is -0.165. The second-order valence-corrected chi connectivity index (χ2v) is 13.9. The number of hydrogen-bond donors (Lipinski definition) is 3. The Balaban J connectivity index is 1.29. The minimum absolute atomic E-state index is 0.0640. The molecule has 0 radical (unpaired) electrons. The summed E-state index contributed by atoms with van der Waals surface area (Å²) in [5.74, 6) is -0.370. The maximum absolute atomic E-state index is 13.8. The zero-order chi connectivity index (χ0) is 32.8. The van der Waals surface area contributed by atoms with Crippen LogP contribution in [0.15, 0.2) is 57.8 Å². The van der Waals surface area contributed by atoms with Crippen molar-refractivity contribution in [1.82, 2.24) is 25.3 Å². The quantitative estimate of drug-likeness (QED) is 0.0515. The molecule has 10 nitrogen and oxygen atoms in total. The summed E-state index contributed by atoms with van der Waals surface area (Å²) in [6, 6.07) is 7.38. The number of ether oxygens (including phenoxy) is 1. The van der Waals surface area contributed by atoms with Crippen molar-refractivity contribution in [2.45, 2.75) is 50.0 Å². The highest BCUT2D eigenvalue weighted by atomic mass is 32.2. The van der Waals surface area contributed by atoms with Gasteiger partial charge in [-0.1, -0.05) is 36.0 Å². The Bertz CT molecular complexity index is 1900. The maximum atomic E-state index is 13.8. The summed E-state index contributed by atoms with van der Waals surface area (Å²) in [6.07, 6.45) is -4.26. The molecule has 5 heterocycles. The van der Waals surface area contributed by atoms with Gasteiger partial charge in [0, 0.05) is 23.5 Å². The number of Topliss-reactive ketones (excluding diaryl/α,β-unsaturated/α-hetero) is 1. The molecule has 1 fully saturated rings. The molecule has 242 valence electrons. The zero-order valence-corrected chi connectivity index (χ0v) is 26.9. The summed E-state index contributed by atoms with van der Waals surface area (Å²) in [5, 5.41) is 11.9. The number of carbonyl (C=O) groups excluding carboxylic acids is 2. The van der Waals surface area contributed by atoms with Gasteiger partial charge in [0.15, 0.2) is 10.9 Å². The van der Waals surface area contributed by atoms with Crippen LogP contribution in [0.25, 0.3) is 10.2 Å². The van der Waals surface area contributed by atoms with Crippen LogP contribution in [-0.2, 0) is 36.5 Å². The van der Waals surface area contributed by atoms with E-state index in [2.05, 4.69) is 17.4 Å². The third-order valence-electron chi connectivity index (χ3n) is 7.69. The van der Waals surface area contributed by atoms with Gasteiger partial charge in [-0.2, -0.15) is 13.2 Å². The number of benzene rings is 1. The molecule has 3 aromatic heterocycles. The lowest BCUT2D eigenvalue weighted by Crippen LogP contribution is -2.37. The van der Waals surface area contributed by atoms with Crippen LogP contribution >= 0.6 is 34.4 Å². The van der Waals surface area contributed by atoms with Crippen molar-refractivity contribution in [3.05, 3.63) is 90.2 Å². The summed E-state index contributed by atoms with van der Waals surface area (Å²) < 4.78 is 47.7. The van der Waals surface area contributed by atoms with Gasteiger partial charge in [-0.25, -0.2) is 15.8 Å². The second kappa shape index (κ2) is 12.7. The van der Waals surface area contributed by atoms with Crippen LogP contribution < -0.4 is 16.4 Å². The van der Waals surface area contributed by atoms with Crippen molar-refractivity contribution < 1.29 is 32.6 Å². The van der Waals surface area contributed by atoms with Gasteiger partial charge in [0.05, 0.1) is 29.2 Å². The smallest absolute Gasteiger partial charge is 0.371 e. The maximum Gasteiger partial charge on any atom is 0.426 e. The zero-order valence-electron chi connectivity index (χ0n) is 24.4. The number of amides is 1. The highest BCUT2D eigenvalue weighted by Crippen LogP contribution is 2.43. The summed E-state index contributed by atoms with van der Waals surface area (Å²) >= 11 is 3.84. The van der Waals surface area contributed by atoms with Crippen LogP contribution in [-0.4, -0.2) is 56.5 Å². The van der Waals surface area contributed by atoms with Crippen LogP contribution in [0.2, 0.25) is 0 Å². The third-order valence-corrected chi connectivity index (χ3v) is 10.7. The number of aromatic nitrogens is 2. The molecule has 0 unspecified atom stereocenters. The van der Waals surface area contributed by atoms with Crippen LogP contribution in [0.3, 0.4) is 0 Å². The number of aliphatic hydroxyl groups excluding tert-OH is 1. The molecule has 0 aliphatic carbocycles. The Kier molecular flexibility index (Phi) is 8.97. The van der Waals surface area contributed by atoms with Crippen molar-refractivity contribution in [2.75, 3.05) is 19.1 Å². The number of ketones is 1. The second-order valence-electron chi connectivity index (χ2n) is 10.9. The number of hydrazine groups is 1. The van der Waals surface area contributed by atoms with Gasteiger partial charge >= 0.3 is 6.18 Å². The van der Waals surface area contributed by atoms with E-state index >= 15 is 0 Å². The molecule has 3 N–H and O–H groups in total. The molecule has 46 heavy (non-hydrogen) atoms. The third kappa shape index (κ3) is 6.05. The van der Waals surface area contributed by atoms with E-state index in [1.807, 2.05) is 12.3 Å². The number of rotatable bonds is 11. The van der Waals surface area contributed by atoms with E-state index < -0.39 is 24.5 Å². The Morgan fingerprint density at radius 3 is 2.70 bits per heavy atom. The van der Waals surface area contributed by atoms with Crippen LogP contribution in [0.4, 0.5) is 13.2 Å². The number of alkyl halides is 3. The number of thioether (sulfide) groups is 1. The first-order chi connectivity index (χ1) is 21.9. The minimum Gasteiger partial charge on any atom is -0.371 e. The molecule has 0 atom stereocenters. The Labute approximate surface area is 272 Å². The summed E-state index contributed by atoms with van der Waals surface area (Å²) in [7, 11) is 0. The number of allylic oxidation sites excluding steroid dienone is 1. The first kappa shape index (κ1) is 32.6. The number of nitrogens with one attached hydrogen (secondary N) is 2. The fourth-order valence-corrected chi connectivity index (χ4v) is 8.30. The average Bonchev–Trinajstić information content (AvgIpc) is 3.51. The molecule has 1 aromatic carbocycles. The standard InChI is InChI=1S/C30H28F3N5O5S3/c1-16(2)11-38-27(42)24-20-7-8-37(12-23(20)46-25(24)34-28(38)45-14-21(40)22-4-3-9-44-22)26(41)19-6-5-18(10-17(19)13-43-15-39)29(35-36-29)30(31,32)33/h3-6,9-10,35-36,39H,1,7-8,11-15H2,2H3. The molecular weight excluding hydrogens is 664 g/mol. The predicted molar refractivity (Wildman–Crippen MR) is 169 cm³/mol. The fraction of sp³-hybridized carbons (Fsp3) is 0.333. The van der Waals surface area contributed by atoms with Crippen LogP contribution in [0, 0.1) is 0 Å².